The first-order valence-corrected chi connectivity index (χ1v) is 15.2. The minimum atomic E-state index is -0.437. The number of benzene rings is 7. The van der Waals surface area contributed by atoms with E-state index in [4.69, 9.17) is 0 Å². The zero-order valence-electron chi connectivity index (χ0n) is 24.3. The predicted octanol–water partition coefficient (Wildman–Crippen LogP) is 11.1. The molecule has 208 valence electrons. The van der Waals surface area contributed by atoms with Crippen LogP contribution in [-0.2, 0) is 5.41 Å². The maximum atomic E-state index is 3.94. The van der Waals surface area contributed by atoms with E-state index in [2.05, 4.69) is 187 Å². The van der Waals surface area contributed by atoms with Crippen LogP contribution in [0.2, 0.25) is 0 Å². The molecule has 44 heavy (non-hydrogen) atoms. The molecule has 1 aliphatic rings. The van der Waals surface area contributed by atoms with Crippen LogP contribution in [0.25, 0.3) is 33.4 Å². The van der Waals surface area contributed by atoms with Crippen molar-refractivity contribution in [1.29, 1.82) is 0 Å². The molecule has 1 aliphatic carbocycles. The molecule has 0 aromatic heterocycles. The standard InChI is InChI=1S/C43H31N/c1-5-16-31(17-6-1)36-25-15-26-37(32-18-7-2-8-19-32)42(36)44-35-28-29-39-38-24-13-14-27-40(38)43(41(39)30-35,33-20-9-3-10-21-33)34-22-11-4-12-23-34/h1-30,44H. The lowest BCUT2D eigenvalue weighted by molar-refractivity contribution is 0.769. The Balaban J connectivity index is 1.36. The van der Waals surface area contributed by atoms with Gasteiger partial charge in [0.2, 0.25) is 0 Å². The normalized spacial score (nSPS) is 12.7. The molecular formula is C43H31N. The van der Waals surface area contributed by atoms with Crippen LogP contribution in [0.1, 0.15) is 22.3 Å². The average molecular weight is 562 g/mol. The molecule has 1 heteroatoms. The maximum Gasteiger partial charge on any atom is 0.0714 e. The Morgan fingerprint density at radius 2 is 0.795 bits per heavy atom. The fourth-order valence-corrected chi connectivity index (χ4v) is 7.07. The fourth-order valence-electron chi connectivity index (χ4n) is 7.07. The van der Waals surface area contributed by atoms with Gasteiger partial charge in [-0.05, 0) is 56.6 Å². The molecular weight excluding hydrogens is 530 g/mol. The van der Waals surface area contributed by atoms with E-state index >= 15 is 0 Å². The summed E-state index contributed by atoms with van der Waals surface area (Å²) in [5.41, 5.74) is 14.2. The van der Waals surface area contributed by atoms with Gasteiger partial charge in [0.15, 0.2) is 0 Å². The number of anilines is 2. The summed E-state index contributed by atoms with van der Waals surface area (Å²) in [6, 6.07) is 65.7. The van der Waals surface area contributed by atoms with E-state index < -0.39 is 5.41 Å². The number of hydrogen-bond donors (Lipinski definition) is 1. The molecule has 0 heterocycles. The summed E-state index contributed by atoms with van der Waals surface area (Å²) in [6.07, 6.45) is 0. The molecule has 7 aromatic carbocycles. The van der Waals surface area contributed by atoms with E-state index in [0.717, 1.165) is 11.4 Å². The van der Waals surface area contributed by atoms with Crippen molar-refractivity contribution in [3.63, 3.8) is 0 Å². The van der Waals surface area contributed by atoms with Gasteiger partial charge >= 0.3 is 0 Å². The first-order chi connectivity index (χ1) is 21.8. The Hall–Kier alpha value is -5.66. The van der Waals surface area contributed by atoms with Gasteiger partial charge < -0.3 is 5.32 Å². The third kappa shape index (κ3) is 4.17. The SMILES string of the molecule is c1ccc(-c2cccc(-c3ccccc3)c2Nc2ccc3c(c2)C(c2ccccc2)(c2ccccc2)c2ccccc2-3)cc1. The second-order valence-electron chi connectivity index (χ2n) is 11.4. The summed E-state index contributed by atoms with van der Waals surface area (Å²) in [4.78, 5) is 0. The van der Waals surface area contributed by atoms with Crippen molar-refractivity contribution in [2.45, 2.75) is 5.41 Å². The van der Waals surface area contributed by atoms with Gasteiger partial charge in [0.25, 0.3) is 0 Å². The van der Waals surface area contributed by atoms with Crippen molar-refractivity contribution in [2.75, 3.05) is 5.32 Å². The quantitative estimate of drug-likeness (QED) is 0.213. The zero-order valence-corrected chi connectivity index (χ0v) is 24.3. The second kappa shape index (κ2) is 10.9. The van der Waals surface area contributed by atoms with Crippen molar-refractivity contribution >= 4 is 11.4 Å². The molecule has 0 radical (unpaired) electrons. The maximum absolute atomic E-state index is 3.94. The van der Waals surface area contributed by atoms with Gasteiger partial charge in [0.05, 0.1) is 11.1 Å². The average Bonchev–Trinajstić information content (AvgIpc) is 3.40. The lowest BCUT2D eigenvalue weighted by Gasteiger charge is -2.34. The van der Waals surface area contributed by atoms with E-state index in [-0.39, 0.29) is 0 Å². The van der Waals surface area contributed by atoms with Gasteiger partial charge in [-0.15, -0.1) is 0 Å². The Morgan fingerprint density at radius 1 is 0.341 bits per heavy atom. The van der Waals surface area contributed by atoms with Crippen molar-refractivity contribution in [2.24, 2.45) is 0 Å². The number of hydrogen-bond acceptors (Lipinski definition) is 1. The van der Waals surface area contributed by atoms with Crippen molar-refractivity contribution in [3.8, 4) is 33.4 Å². The van der Waals surface area contributed by atoms with E-state index in [9.17, 15) is 0 Å². The monoisotopic (exact) mass is 561 g/mol. The molecule has 0 bridgehead atoms. The predicted molar refractivity (Wildman–Crippen MR) is 184 cm³/mol. The Bertz CT molecular complexity index is 1970. The van der Waals surface area contributed by atoms with Gasteiger partial charge in [-0.2, -0.15) is 0 Å². The molecule has 0 spiro atoms. The second-order valence-corrected chi connectivity index (χ2v) is 11.4. The number of fused-ring (bicyclic) bond motifs is 3. The first kappa shape index (κ1) is 26.0. The van der Waals surface area contributed by atoms with Crippen molar-refractivity contribution in [3.05, 3.63) is 204 Å². The minimum absolute atomic E-state index is 0.437. The van der Waals surface area contributed by atoms with Crippen LogP contribution in [-0.4, -0.2) is 0 Å². The number of rotatable bonds is 6. The highest BCUT2D eigenvalue weighted by Gasteiger charge is 2.46. The number of nitrogens with one attached hydrogen (secondary N) is 1. The zero-order chi connectivity index (χ0) is 29.3. The van der Waals surface area contributed by atoms with Crippen LogP contribution in [0.3, 0.4) is 0 Å². The van der Waals surface area contributed by atoms with Gasteiger partial charge in [-0.25, -0.2) is 0 Å². The Kier molecular flexibility index (Phi) is 6.43. The topological polar surface area (TPSA) is 12.0 Å². The van der Waals surface area contributed by atoms with Crippen molar-refractivity contribution < 1.29 is 0 Å². The van der Waals surface area contributed by atoms with E-state index in [1.54, 1.807) is 0 Å². The molecule has 8 rings (SSSR count). The summed E-state index contributed by atoms with van der Waals surface area (Å²) in [5.74, 6) is 0. The highest BCUT2D eigenvalue weighted by atomic mass is 14.9. The molecule has 0 unspecified atom stereocenters. The van der Waals surface area contributed by atoms with Crippen LogP contribution in [0.4, 0.5) is 11.4 Å². The summed E-state index contributed by atoms with van der Waals surface area (Å²) in [7, 11) is 0. The summed E-state index contributed by atoms with van der Waals surface area (Å²) >= 11 is 0. The van der Waals surface area contributed by atoms with E-state index in [1.165, 1.54) is 55.6 Å². The molecule has 0 fully saturated rings. The minimum Gasteiger partial charge on any atom is -0.355 e. The molecule has 1 N–H and O–H groups in total. The van der Waals surface area contributed by atoms with Crippen molar-refractivity contribution in [1.82, 2.24) is 0 Å². The van der Waals surface area contributed by atoms with Gasteiger partial charge in [-0.3, -0.25) is 0 Å². The van der Waals surface area contributed by atoms with E-state index in [1.807, 2.05) is 0 Å². The van der Waals surface area contributed by atoms with Crippen LogP contribution >= 0.6 is 0 Å². The molecule has 0 saturated heterocycles. The molecule has 0 saturated carbocycles. The largest absolute Gasteiger partial charge is 0.355 e. The van der Waals surface area contributed by atoms with Crippen LogP contribution in [0, 0.1) is 0 Å². The number of para-hydroxylation sites is 1. The van der Waals surface area contributed by atoms with Gasteiger partial charge in [0, 0.05) is 16.8 Å². The molecule has 7 aromatic rings. The summed E-state index contributed by atoms with van der Waals surface area (Å²) in [6.45, 7) is 0. The smallest absolute Gasteiger partial charge is 0.0714 e. The van der Waals surface area contributed by atoms with Gasteiger partial charge in [0.1, 0.15) is 0 Å². The molecule has 0 aliphatic heterocycles. The highest BCUT2D eigenvalue weighted by molar-refractivity contribution is 5.94. The van der Waals surface area contributed by atoms with Gasteiger partial charge in [-0.1, -0.05) is 170 Å². The van der Waals surface area contributed by atoms with E-state index in [0.29, 0.717) is 0 Å². The lowest BCUT2D eigenvalue weighted by atomic mass is 9.67. The molecule has 1 nitrogen and oxygen atoms in total. The highest BCUT2D eigenvalue weighted by Crippen LogP contribution is 2.56. The third-order valence-electron chi connectivity index (χ3n) is 8.96. The summed E-state index contributed by atoms with van der Waals surface area (Å²) < 4.78 is 0. The Morgan fingerprint density at radius 3 is 1.36 bits per heavy atom. The summed E-state index contributed by atoms with van der Waals surface area (Å²) in [5, 5.41) is 3.94. The molecule has 0 amide bonds. The van der Waals surface area contributed by atoms with Crippen LogP contribution in [0.15, 0.2) is 182 Å². The first-order valence-electron chi connectivity index (χ1n) is 15.2. The Labute approximate surface area is 259 Å². The molecule has 0 atom stereocenters. The fraction of sp³-hybridized carbons (Fsp3) is 0.0233. The lowest BCUT2D eigenvalue weighted by Crippen LogP contribution is -2.28. The third-order valence-corrected chi connectivity index (χ3v) is 8.96. The van der Waals surface area contributed by atoms with Crippen LogP contribution in [0.5, 0.6) is 0 Å². The van der Waals surface area contributed by atoms with Crippen LogP contribution < -0.4 is 5.32 Å².